The number of rotatable bonds is 6. The molecule has 4 nitrogen and oxygen atoms in total. The Morgan fingerprint density at radius 1 is 1.37 bits per heavy atom. The van der Waals surface area contributed by atoms with E-state index in [1.165, 1.54) is 0 Å². The van der Waals surface area contributed by atoms with Gasteiger partial charge in [-0.1, -0.05) is 6.07 Å². The SMILES string of the molecule is CNc1cc(C)ccc1C(=O)NCCN(C)C(C)C. The van der Waals surface area contributed by atoms with Crippen LogP contribution in [0.25, 0.3) is 0 Å². The number of carbonyl (C=O) groups is 1. The number of hydrogen-bond donors (Lipinski definition) is 2. The van der Waals surface area contributed by atoms with Crippen molar-refractivity contribution in [3.8, 4) is 0 Å². The highest BCUT2D eigenvalue weighted by molar-refractivity contribution is 5.99. The Morgan fingerprint density at radius 2 is 2.05 bits per heavy atom. The summed E-state index contributed by atoms with van der Waals surface area (Å²) in [6.07, 6.45) is 0. The van der Waals surface area contributed by atoms with Crippen LogP contribution in [0.4, 0.5) is 5.69 Å². The van der Waals surface area contributed by atoms with Crippen molar-refractivity contribution < 1.29 is 4.79 Å². The minimum absolute atomic E-state index is 0.0264. The Bertz CT molecular complexity index is 429. The number of amides is 1. The van der Waals surface area contributed by atoms with Gasteiger partial charge in [0, 0.05) is 31.9 Å². The molecule has 0 heterocycles. The van der Waals surface area contributed by atoms with Crippen LogP contribution >= 0.6 is 0 Å². The summed E-state index contributed by atoms with van der Waals surface area (Å²) >= 11 is 0. The van der Waals surface area contributed by atoms with Gasteiger partial charge in [0.1, 0.15) is 0 Å². The minimum Gasteiger partial charge on any atom is -0.387 e. The van der Waals surface area contributed by atoms with Crippen molar-refractivity contribution in [2.75, 3.05) is 32.5 Å². The first-order valence-corrected chi connectivity index (χ1v) is 6.72. The normalized spacial score (nSPS) is 10.9. The van der Waals surface area contributed by atoms with Crippen molar-refractivity contribution in [3.63, 3.8) is 0 Å². The number of anilines is 1. The molecular formula is C15H25N3O. The molecule has 2 N–H and O–H groups in total. The van der Waals surface area contributed by atoms with Crippen molar-refractivity contribution in [2.45, 2.75) is 26.8 Å². The molecule has 0 saturated heterocycles. The van der Waals surface area contributed by atoms with Crippen LogP contribution in [0.15, 0.2) is 18.2 Å². The maximum absolute atomic E-state index is 12.1. The second-order valence-corrected chi connectivity index (χ2v) is 5.13. The fourth-order valence-corrected chi connectivity index (χ4v) is 1.76. The molecule has 1 aromatic rings. The number of carbonyl (C=O) groups excluding carboxylic acids is 1. The lowest BCUT2D eigenvalue weighted by atomic mass is 10.1. The van der Waals surface area contributed by atoms with E-state index in [-0.39, 0.29) is 5.91 Å². The first-order valence-electron chi connectivity index (χ1n) is 6.72. The van der Waals surface area contributed by atoms with E-state index in [9.17, 15) is 4.79 Å². The van der Waals surface area contributed by atoms with Gasteiger partial charge in [-0.2, -0.15) is 0 Å². The molecule has 0 fully saturated rings. The van der Waals surface area contributed by atoms with E-state index in [2.05, 4.69) is 36.4 Å². The summed E-state index contributed by atoms with van der Waals surface area (Å²) in [5.41, 5.74) is 2.70. The fraction of sp³-hybridized carbons (Fsp3) is 0.533. The summed E-state index contributed by atoms with van der Waals surface area (Å²) in [4.78, 5) is 14.3. The molecule has 0 saturated carbocycles. The van der Waals surface area contributed by atoms with E-state index in [0.29, 0.717) is 18.2 Å². The van der Waals surface area contributed by atoms with Crippen LogP contribution in [0.2, 0.25) is 0 Å². The van der Waals surface area contributed by atoms with Gasteiger partial charge in [-0.25, -0.2) is 0 Å². The molecule has 19 heavy (non-hydrogen) atoms. The second kappa shape index (κ2) is 7.14. The maximum Gasteiger partial charge on any atom is 0.253 e. The highest BCUT2D eigenvalue weighted by Crippen LogP contribution is 2.16. The van der Waals surface area contributed by atoms with Crippen LogP contribution in [0.1, 0.15) is 29.8 Å². The van der Waals surface area contributed by atoms with Crippen molar-refractivity contribution in [3.05, 3.63) is 29.3 Å². The molecule has 0 aromatic heterocycles. The average Bonchev–Trinajstić information content (AvgIpc) is 2.37. The van der Waals surface area contributed by atoms with E-state index in [1.54, 1.807) is 0 Å². The summed E-state index contributed by atoms with van der Waals surface area (Å²) < 4.78 is 0. The Morgan fingerprint density at radius 3 is 2.63 bits per heavy atom. The van der Waals surface area contributed by atoms with Gasteiger partial charge in [0.2, 0.25) is 0 Å². The number of likely N-dealkylation sites (N-methyl/N-ethyl adjacent to an activating group) is 1. The van der Waals surface area contributed by atoms with Crippen molar-refractivity contribution >= 4 is 11.6 Å². The number of aryl methyl sites for hydroxylation is 1. The third kappa shape index (κ3) is 4.56. The summed E-state index contributed by atoms with van der Waals surface area (Å²) in [6, 6.07) is 6.29. The predicted octanol–water partition coefficient (Wildman–Crippen LogP) is 2.11. The Kier molecular flexibility index (Phi) is 5.83. The molecule has 1 aromatic carbocycles. The average molecular weight is 263 g/mol. The zero-order chi connectivity index (χ0) is 14.4. The highest BCUT2D eigenvalue weighted by atomic mass is 16.1. The number of benzene rings is 1. The quantitative estimate of drug-likeness (QED) is 0.826. The van der Waals surface area contributed by atoms with Crippen LogP contribution in [-0.4, -0.2) is 44.0 Å². The summed E-state index contributed by atoms with van der Waals surface area (Å²) in [7, 11) is 3.89. The van der Waals surface area contributed by atoms with Crippen LogP contribution in [0, 0.1) is 6.92 Å². The third-order valence-corrected chi connectivity index (χ3v) is 3.32. The van der Waals surface area contributed by atoms with Crippen molar-refractivity contribution in [1.29, 1.82) is 0 Å². The number of nitrogens with one attached hydrogen (secondary N) is 2. The smallest absolute Gasteiger partial charge is 0.253 e. The molecular weight excluding hydrogens is 238 g/mol. The molecule has 0 aliphatic carbocycles. The van der Waals surface area contributed by atoms with Crippen molar-refractivity contribution in [1.82, 2.24) is 10.2 Å². The highest BCUT2D eigenvalue weighted by Gasteiger charge is 2.11. The zero-order valence-corrected chi connectivity index (χ0v) is 12.6. The van der Waals surface area contributed by atoms with Crippen LogP contribution < -0.4 is 10.6 Å². The van der Waals surface area contributed by atoms with Crippen LogP contribution in [0.5, 0.6) is 0 Å². The number of nitrogens with zero attached hydrogens (tertiary/aromatic N) is 1. The van der Waals surface area contributed by atoms with Crippen molar-refractivity contribution in [2.24, 2.45) is 0 Å². The molecule has 0 unspecified atom stereocenters. The molecule has 4 heteroatoms. The van der Waals surface area contributed by atoms with Gasteiger partial charge in [-0.3, -0.25) is 4.79 Å². The molecule has 0 aliphatic rings. The molecule has 0 bridgehead atoms. The first-order chi connectivity index (χ1) is 8.95. The standard InChI is InChI=1S/C15H25N3O/c1-11(2)18(5)9-8-17-15(19)13-7-6-12(3)10-14(13)16-4/h6-7,10-11,16H,8-9H2,1-5H3,(H,17,19). The van der Waals surface area contributed by atoms with Gasteiger partial charge >= 0.3 is 0 Å². The lowest BCUT2D eigenvalue weighted by Gasteiger charge is -2.21. The van der Waals surface area contributed by atoms with E-state index >= 15 is 0 Å². The van der Waals surface area contributed by atoms with Gasteiger partial charge in [-0.05, 0) is 45.5 Å². The minimum atomic E-state index is -0.0264. The van der Waals surface area contributed by atoms with E-state index in [1.807, 2.05) is 32.2 Å². The largest absolute Gasteiger partial charge is 0.387 e. The molecule has 0 aliphatic heterocycles. The van der Waals surface area contributed by atoms with Gasteiger partial charge in [0.05, 0.1) is 5.56 Å². The van der Waals surface area contributed by atoms with Gasteiger partial charge in [-0.15, -0.1) is 0 Å². The molecule has 1 rings (SSSR count). The first kappa shape index (κ1) is 15.5. The summed E-state index contributed by atoms with van der Waals surface area (Å²) in [5, 5.41) is 6.02. The summed E-state index contributed by atoms with van der Waals surface area (Å²) in [5.74, 6) is -0.0264. The third-order valence-electron chi connectivity index (χ3n) is 3.32. The Hall–Kier alpha value is -1.55. The predicted molar refractivity (Wildman–Crippen MR) is 80.8 cm³/mol. The van der Waals surface area contributed by atoms with Gasteiger partial charge < -0.3 is 15.5 Å². The summed E-state index contributed by atoms with van der Waals surface area (Å²) in [6.45, 7) is 7.80. The maximum atomic E-state index is 12.1. The lowest BCUT2D eigenvalue weighted by Crippen LogP contribution is -2.36. The monoisotopic (exact) mass is 263 g/mol. The van der Waals surface area contributed by atoms with Crippen LogP contribution in [0.3, 0.4) is 0 Å². The Labute approximate surface area is 116 Å². The molecule has 106 valence electrons. The Balaban J connectivity index is 2.59. The van der Waals surface area contributed by atoms with E-state index in [0.717, 1.165) is 17.8 Å². The second-order valence-electron chi connectivity index (χ2n) is 5.13. The number of hydrogen-bond acceptors (Lipinski definition) is 3. The zero-order valence-electron chi connectivity index (χ0n) is 12.6. The molecule has 0 radical (unpaired) electrons. The van der Waals surface area contributed by atoms with E-state index < -0.39 is 0 Å². The lowest BCUT2D eigenvalue weighted by molar-refractivity contribution is 0.0949. The molecule has 0 atom stereocenters. The molecule has 0 spiro atoms. The molecule has 1 amide bonds. The van der Waals surface area contributed by atoms with Gasteiger partial charge in [0.15, 0.2) is 0 Å². The fourth-order valence-electron chi connectivity index (χ4n) is 1.76. The van der Waals surface area contributed by atoms with E-state index in [4.69, 9.17) is 0 Å². The van der Waals surface area contributed by atoms with Crippen LogP contribution in [-0.2, 0) is 0 Å². The van der Waals surface area contributed by atoms with Gasteiger partial charge in [0.25, 0.3) is 5.91 Å². The topological polar surface area (TPSA) is 44.4 Å².